The van der Waals surface area contributed by atoms with Gasteiger partial charge in [0.25, 0.3) is 0 Å². The lowest BCUT2D eigenvalue weighted by molar-refractivity contribution is 0.594. The lowest BCUT2D eigenvalue weighted by Crippen LogP contribution is -2.16. The van der Waals surface area contributed by atoms with Gasteiger partial charge >= 0.3 is 0 Å². The lowest BCUT2D eigenvalue weighted by Gasteiger charge is -2.21. The molecule has 0 spiro atoms. The number of rotatable bonds is 2. The summed E-state index contributed by atoms with van der Waals surface area (Å²) in [6.07, 6.45) is 0.730. The molecule has 128 valence electrons. The highest BCUT2D eigenvalue weighted by molar-refractivity contribution is 7.92. The molecule has 0 fully saturated rings. The number of para-hydroxylation sites is 1. The Morgan fingerprint density at radius 2 is 1.69 bits per heavy atom. The molecule has 3 aromatic carbocycles. The van der Waals surface area contributed by atoms with Crippen LogP contribution in [-0.4, -0.2) is 18.0 Å². The van der Waals surface area contributed by atoms with Gasteiger partial charge in [-0.25, -0.2) is 13.4 Å². The van der Waals surface area contributed by atoms with Gasteiger partial charge in [-0.05, 0) is 35.4 Å². The van der Waals surface area contributed by atoms with E-state index in [2.05, 4.69) is 4.98 Å². The van der Waals surface area contributed by atoms with E-state index >= 15 is 0 Å². The number of benzene rings is 3. The largest absolute Gasteiger partial charge is 0.294 e. The van der Waals surface area contributed by atoms with E-state index in [4.69, 9.17) is 0 Å². The van der Waals surface area contributed by atoms with Crippen LogP contribution in [0.15, 0.2) is 76.5 Å². The Kier molecular flexibility index (Phi) is 3.12. The second-order valence-electron chi connectivity index (χ2n) is 6.39. The molecule has 4 nitrogen and oxygen atoms in total. The molecular formula is C21H16N2O2S. The first-order valence-electron chi connectivity index (χ1n) is 8.56. The molecule has 1 aliphatic heterocycles. The fourth-order valence-corrected chi connectivity index (χ4v) is 5.36. The second kappa shape index (κ2) is 5.29. The normalized spacial score (nSPS) is 14.3. The van der Waals surface area contributed by atoms with E-state index in [1.807, 2.05) is 60.0 Å². The SMILES string of the molecule is CCc1nc2cccc3c2n1-c1ccc(-c2ccccc2)cc1S3(=O)=O. The van der Waals surface area contributed by atoms with Gasteiger partial charge in [0.1, 0.15) is 5.82 Å². The number of fused-ring (bicyclic) bond motifs is 2. The molecule has 0 saturated carbocycles. The topological polar surface area (TPSA) is 52.0 Å². The van der Waals surface area contributed by atoms with Crippen molar-refractivity contribution in [1.82, 2.24) is 9.55 Å². The maximum atomic E-state index is 13.3. The molecule has 4 aromatic rings. The Bertz CT molecular complexity index is 1270. The molecule has 26 heavy (non-hydrogen) atoms. The Morgan fingerprint density at radius 3 is 2.46 bits per heavy atom. The summed E-state index contributed by atoms with van der Waals surface area (Å²) >= 11 is 0. The smallest absolute Gasteiger partial charge is 0.210 e. The van der Waals surface area contributed by atoms with Crippen LogP contribution in [0.4, 0.5) is 0 Å². The number of aryl methyl sites for hydroxylation is 1. The number of hydrogen-bond donors (Lipinski definition) is 0. The first kappa shape index (κ1) is 15.3. The van der Waals surface area contributed by atoms with E-state index in [9.17, 15) is 8.42 Å². The number of hydrogen-bond acceptors (Lipinski definition) is 3. The van der Waals surface area contributed by atoms with Gasteiger partial charge < -0.3 is 0 Å². The molecule has 0 saturated heterocycles. The summed E-state index contributed by atoms with van der Waals surface area (Å²) in [6.45, 7) is 2.03. The highest BCUT2D eigenvalue weighted by atomic mass is 32.2. The molecule has 0 atom stereocenters. The summed E-state index contributed by atoms with van der Waals surface area (Å²) in [5.74, 6) is 0.871. The summed E-state index contributed by atoms with van der Waals surface area (Å²) in [5, 5.41) is 0. The molecule has 5 heteroatoms. The fourth-order valence-electron chi connectivity index (χ4n) is 3.70. The summed E-state index contributed by atoms with van der Waals surface area (Å²) in [7, 11) is -3.59. The Labute approximate surface area is 151 Å². The zero-order chi connectivity index (χ0) is 17.9. The third kappa shape index (κ3) is 1.95. The van der Waals surface area contributed by atoms with Crippen LogP contribution in [0.5, 0.6) is 0 Å². The average Bonchev–Trinajstić information content (AvgIpc) is 3.06. The van der Waals surface area contributed by atoms with Gasteiger partial charge in [-0.3, -0.25) is 4.57 Å². The predicted molar refractivity (Wildman–Crippen MR) is 101 cm³/mol. The van der Waals surface area contributed by atoms with Gasteiger partial charge in [0, 0.05) is 6.42 Å². The number of imidazole rings is 1. The van der Waals surface area contributed by atoms with Crippen molar-refractivity contribution in [3.63, 3.8) is 0 Å². The van der Waals surface area contributed by atoms with Crippen LogP contribution in [0.1, 0.15) is 12.7 Å². The van der Waals surface area contributed by atoms with Crippen molar-refractivity contribution in [2.24, 2.45) is 0 Å². The highest BCUT2D eigenvalue weighted by Gasteiger charge is 2.33. The van der Waals surface area contributed by atoms with E-state index in [1.54, 1.807) is 18.2 Å². The van der Waals surface area contributed by atoms with Gasteiger partial charge in [0.05, 0.1) is 26.5 Å². The molecule has 0 radical (unpaired) electrons. The third-order valence-corrected chi connectivity index (χ3v) is 6.73. The van der Waals surface area contributed by atoms with Crippen LogP contribution < -0.4 is 0 Å². The van der Waals surface area contributed by atoms with Crippen LogP contribution >= 0.6 is 0 Å². The minimum atomic E-state index is -3.59. The van der Waals surface area contributed by atoms with Crippen molar-refractivity contribution < 1.29 is 8.42 Å². The maximum Gasteiger partial charge on any atom is 0.210 e. The summed E-state index contributed by atoms with van der Waals surface area (Å²) in [5.41, 5.74) is 3.98. The zero-order valence-corrected chi connectivity index (χ0v) is 15.0. The van der Waals surface area contributed by atoms with E-state index in [0.717, 1.165) is 28.9 Å². The van der Waals surface area contributed by atoms with E-state index in [0.29, 0.717) is 21.0 Å². The van der Waals surface area contributed by atoms with Crippen LogP contribution in [-0.2, 0) is 16.3 Å². The molecule has 1 aromatic heterocycles. The van der Waals surface area contributed by atoms with Crippen LogP contribution in [0, 0.1) is 0 Å². The zero-order valence-electron chi connectivity index (χ0n) is 14.2. The minimum Gasteiger partial charge on any atom is -0.294 e. The number of nitrogens with zero attached hydrogens (tertiary/aromatic N) is 2. The monoisotopic (exact) mass is 360 g/mol. The van der Waals surface area contributed by atoms with Crippen LogP contribution in [0.2, 0.25) is 0 Å². The summed E-state index contributed by atoms with van der Waals surface area (Å²) < 4.78 is 28.6. The summed E-state index contributed by atoms with van der Waals surface area (Å²) in [6, 6.07) is 20.8. The van der Waals surface area contributed by atoms with Gasteiger partial charge in [-0.2, -0.15) is 0 Å². The Balaban J connectivity index is 1.89. The van der Waals surface area contributed by atoms with Gasteiger partial charge in [0.2, 0.25) is 9.84 Å². The van der Waals surface area contributed by atoms with E-state index in [-0.39, 0.29) is 0 Å². The van der Waals surface area contributed by atoms with Gasteiger partial charge in [-0.15, -0.1) is 0 Å². The van der Waals surface area contributed by atoms with Gasteiger partial charge in [-0.1, -0.05) is 49.4 Å². The van der Waals surface area contributed by atoms with Crippen molar-refractivity contribution >= 4 is 20.9 Å². The van der Waals surface area contributed by atoms with Gasteiger partial charge in [0.15, 0.2) is 0 Å². The molecule has 0 N–H and O–H groups in total. The van der Waals surface area contributed by atoms with Crippen molar-refractivity contribution in [3.05, 3.63) is 72.6 Å². The van der Waals surface area contributed by atoms with E-state index in [1.165, 1.54) is 0 Å². The molecule has 2 heterocycles. The maximum absolute atomic E-state index is 13.3. The lowest BCUT2D eigenvalue weighted by atomic mass is 10.1. The first-order valence-corrected chi connectivity index (χ1v) is 10.0. The Hall–Kier alpha value is -2.92. The molecule has 1 aliphatic rings. The van der Waals surface area contributed by atoms with Crippen LogP contribution in [0.25, 0.3) is 27.8 Å². The first-order chi connectivity index (χ1) is 12.6. The van der Waals surface area contributed by atoms with E-state index < -0.39 is 9.84 Å². The molecular weight excluding hydrogens is 344 g/mol. The predicted octanol–water partition coefficient (Wildman–Crippen LogP) is 4.40. The van der Waals surface area contributed by atoms with Crippen molar-refractivity contribution in [2.75, 3.05) is 0 Å². The van der Waals surface area contributed by atoms with Crippen LogP contribution in [0.3, 0.4) is 0 Å². The summed E-state index contributed by atoms with van der Waals surface area (Å²) in [4.78, 5) is 5.32. The minimum absolute atomic E-state index is 0.333. The number of sulfone groups is 1. The quantitative estimate of drug-likeness (QED) is 0.469. The molecule has 0 aliphatic carbocycles. The standard InChI is InChI=1S/C21H16N2O2S/c1-2-20-22-16-9-6-10-18-21(16)23(20)17-12-11-15(13-19(17)26(18,24)25)14-7-4-3-5-8-14/h3-13H,2H2,1H3. The third-order valence-electron chi connectivity index (χ3n) is 4.91. The average molecular weight is 360 g/mol. The molecule has 0 bridgehead atoms. The number of aromatic nitrogens is 2. The molecule has 5 rings (SSSR count). The van der Waals surface area contributed by atoms with Crippen molar-refractivity contribution in [3.8, 4) is 16.8 Å². The molecule has 0 unspecified atom stereocenters. The van der Waals surface area contributed by atoms with Crippen molar-refractivity contribution in [2.45, 2.75) is 23.1 Å². The fraction of sp³-hybridized carbons (Fsp3) is 0.0952. The second-order valence-corrected chi connectivity index (χ2v) is 8.28. The Morgan fingerprint density at radius 1 is 0.885 bits per heavy atom. The molecule has 0 amide bonds. The van der Waals surface area contributed by atoms with Crippen molar-refractivity contribution in [1.29, 1.82) is 0 Å². The highest BCUT2D eigenvalue weighted by Crippen LogP contribution is 2.40.